The van der Waals surface area contributed by atoms with Crippen molar-refractivity contribution in [3.05, 3.63) is 48.4 Å². The zero-order chi connectivity index (χ0) is 16.4. The fraction of sp³-hybridized carbons (Fsp3) is 0.250. The van der Waals surface area contributed by atoms with Crippen LogP contribution in [-0.4, -0.2) is 29.5 Å². The van der Waals surface area contributed by atoms with Gasteiger partial charge in [-0.1, -0.05) is 42.2 Å². The van der Waals surface area contributed by atoms with Crippen LogP contribution in [0.2, 0.25) is 0 Å². The summed E-state index contributed by atoms with van der Waals surface area (Å²) in [7, 11) is 0. The molecule has 4 rings (SSSR count). The fourth-order valence-electron chi connectivity index (χ4n) is 3.17. The average Bonchev–Trinajstić information content (AvgIpc) is 3.28. The number of aromatic nitrogens is 1. The van der Waals surface area contributed by atoms with Gasteiger partial charge in [0.25, 0.3) is 0 Å². The third kappa shape index (κ3) is 2.75. The number of hydrogen-bond acceptors (Lipinski definition) is 4. The molecule has 1 aliphatic rings. The fourth-order valence-corrected chi connectivity index (χ4v) is 3.17. The predicted molar refractivity (Wildman–Crippen MR) is 96.4 cm³/mol. The smallest absolute Gasteiger partial charge is 0.155 e. The predicted octanol–water partition coefficient (Wildman–Crippen LogP) is 3.52. The Balaban J connectivity index is 1.72. The Morgan fingerprint density at radius 2 is 1.96 bits per heavy atom. The maximum absolute atomic E-state index is 6.11. The summed E-state index contributed by atoms with van der Waals surface area (Å²) < 4.78 is 5.80. The Morgan fingerprint density at radius 1 is 1.17 bits per heavy atom. The van der Waals surface area contributed by atoms with Gasteiger partial charge in [-0.2, -0.15) is 0 Å². The molecule has 0 saturated carbocycles. The molecular formula is C20H19N3O. The highest BCUT2D eigenvalue weighted by Crippen LogP contribution is 2.34. The first kappa shape index (κ1) is 14.8. The molecule has 0 bridgehead atoms. The van der Waals surface area contributed by atoms with Crippen LogP contribution in [0.5, 0.6) is 0 Å². The molecule has 2 aromatic heterocycles. The van der Waals surface area contributed by atoms with E-state index in [0.29, 0.717) is 5.82 Å². The van der Waals surface area contributed by atoms with E-state index in [2.05, 4.69) is 21.7 Å². The maximum Gasteiger partial charge on any atom is 0.155 e. The third-order valence-electron chi connectivity index (χ3n) is 4.43. The number of nitrogens with zero attached hydrogens (tertiary/aromatic N) is 2. The van der Waals surface area contributed by atoms with Gasteiger partial charge in [-0.15, -0.1) is 0 Å². The highest BCUT2D eigenvalue weighted by atomic mass is 16.3. The molecule has 0 unspecified atom stereocenters. The molecule has 0 amide bonds. The van der Waals surface area contributed by atoms with Crippen LogP contribution in [0.4, 0.5) is 5.82 Å². The van der Waals surface area contributed by atoms with E-state index in [1.807, 2.05) is 30.3 Å². The Labute approximate surface area is 141 Å². The van der Waals surface area contributed by atoms with Crippen LogP contribution >= 0.6 is 0 Å². The lowest BCUT2D eigenvalue weighted by Gasteiger charge is -2.08. The first-order valence-electron chi connectivity index (χ1n) is 8.25. The van der Waals surface area contributed by atoms with Gasteiger partial charge in [0.2, 0.25) is 0 Å². The Morgan fingerprint density at radius 3 is 2.75 bits per heavy atom. The topological polar surface area (TPSA) is 55.3 Å². The first-order chi connectivity index (χ1) is 11.8. The second kappa shape index (κ2) is 6.38. The van der Waals surface area contributed by atoms with Crippen molar-refractivity contribution in [1.29, 1.82) is 0 Å². The van der Waals surface area contributed by atoms with Gasteiger partial charge in [0.05, 0.1) is 23.8 Å². The van der Waals surface area contributed by atoms with Crippen LogP contribution in [0, 0.1) is 11.8 Å². The molecule has 24 heavy (non-hydrogen) atoms. The van der Waals surface area contributed by atoms with Crippen molar-refractivity contribution in [2.75, 3.05) is 25.4 Å². The van der Waals surface area contributed by atoms with E-state index in [4.69, 9.17) is 10.2 Å². The number of hydrogen-bond donors (Lipinski definition) is 1. The number of nitrogens with two attached hydrogens (primary N) is 1. The standard InChI is InChI=1S/C20H19N3O/c21-20-18-17(15-7-2-1-3-8-15)14-24-19(18)16(13-22-20)9-6-12-23-10-4-5-11-23/h1-3,7-8,13-14H,4-5,10-12H2,(H2,21,22). The quantitative estimate of drug-likeness (QED) is 0.735. The van der Waals surface area contributed by atoms with Crippen LogP contribution < -0.4 is 5.73 Å². The molecular weight excluding hydrogens is 298 g/mol. The second-order valence-corrected chi connectivity index (χ2v) is 6.06. The monoisotopic (exact) mass is 317 g/mol. The SMILES string of the molecule is Nc1ncc(C#CCN2CCCC2)c2occ(-c3ccccc3)c12. The van der Waals surface area contributed by atoms with Crippen LogP contribution in [0.1, 0.15) is 18.4 Å². The van der Waals surface area contributed by atoms with Crippen molar-refractivity contribution >= 4 is 16.8 Å². The normalized spacial score (nSPS) is 14.7. The van der Waals surface area contributed by atoms with Gasteiger partial charge in [0, 0.05) is 11.8 Å². The summed E-state index contributed by atoms with van der Waals surface area (Å²) in [6, 6.07) is 10.1. The highest BCUT2D eigenvalue weighted by molar-refractivity contribution is 6.02. The molecule has 120 valence electrons. The number of nitrogen functional groups attached to an aromatic ring is 1. The molecule has 0 radical (unpaired) electrons. The zero-order valence-corrected chi connectivity index (χ0v) is 13.5. The summed E-state index contributed by atoms with van der Waals surface area (Å²) in [5, 5.41) is 0.842. The molecule has 4 nitrogen and oxygen atoms in total. The molecule has 3 aromatic rings. The summed E-state index contributed by atoms with van der Waals surface area (Å²) in [6.07, 6.45) is 5.98. The molecule has 0 atom stereocenters. The van der Waals surface area contributed by atoms with Gasteiger partial charge >= 0.3 is 0 Å². The van der Waals surface area contributed by atoms with E-state index in [1.165, 1.54) is 12.8 Å². The summed E-state index contributed by atoms with van der Waals surface area (Å²) in [5.41, 5.74) is 9.64. The van der Waals surface area contributed by atoms with Crippen molar-refractivity contribution in [2.45, 2.75) is 12.8 Å². The molecule has 0 spiro atoms. The Hall–Kier alpha value is -2.77. The van der Waals surface area contributed by atoms with E-state index in [1.54, 1.807) is 12.5 Å². The van der Waals surface area contributed by atoms with Gasteiger partial charge in [-0.25, -0.2) is 4.98 Å². The number of furan rings is 1. The number of pyridine rings is 1. The molecule has 3 heterocycles. The molecule has 4 heteroatoms. The lowest BCUT2D eigenvalue weighted by Crippen LogP contribution is -2.18. The number of anilines is 1. The lowest BCUT2D eigenvalue weighted by molar-refractivity contribution is 0.383. The van der Waals surface area contributed by atoms with Gasteiger partial charge in [0.1, 0.15) is 5.82 Å². The van der Waals surface area contributed by atoms with Gasteiger partial charge in [-0.05, 0) is 31.5 Å². The van der Waals surface area contributed by atoms with Crippen LogP contribution in [-0.2, 0) is 0 Å². The van der Waals surface area contributed by atoms with E-state index < -0.39 is 0 Å². The van der Waals surface area contributed by atoms with Gasteiger partial charge in [0.15, 0.2) is 5.58 Å². The second-order valence-electron chi connectivity index (χ2n) is 6.06. The molecule has 1 fully saturated rings. The number of fused-ring (bicyclic) bond motifs is 1. The molecule has 1 aliphatic heterocycles. The van der Waals surface area contributed by atoms with Crippen molar-refractivity contribution < 1.29 is 4.42 Å². The number of rotatable bonds is 2. The van der Waals surface area contributed by atoms with E-state index >= 15 is 0 Å². The third-order valence-corrected chi connectivity index (χ3v) is 4.43. The minimum Gasteiger partial charge on any atom is -0.462 e. The van der Waals surface area contributed by atoms with E-state index in [-0.39, 0.29) is 0 Å². The van der Waals surface area contributed by atoms with Crippen molar-refractivity contribution in [1.82, 2.24) is 9.88 Å². The van der Waals surface area contributed by atoms with Crippen LogP contribution in [0.3, 0.4) is 0 Å². The van der Waals surface area contributed by atoms with Crippen molar-refractivity contribution in [3.63, 3.8) is 0 Å². The number of benzene rings is 1. The van der Waals surface area contributed by atoms with Crippen LogP contribution in [0.15, 0.2) is 47.2 Å². The first-order valence-corrected chi connectivity index (χ1v) is 8.25. The maximum atomic E-state index is 6.11. The van der Waals surface area contributed by atoms with Gasteiger partial charge in [-0.3, -0.25) is 4.90 Å². The average molecular weight is 317 g/mol. The minimum atomic E-state index is 0.475. The summed E-state index contributed by atoms with van der Waals surface area (Å²) >= 11 is 0. The van der Waals surface area contributed by atoms with Crippen molar-refractivity contribution in [3.8, 4) is 23.0 Å². The summed E-state index contributed by atoms with van der Waals surface area (Å²) in [5.74, 6) is 6.92. The zero-order valence-electron chi connectivity index (χ0n) is 13.5. The summed E-state index contributed by atoms with van der Waals surface area (Å²) in [4.78, 5) is 6.69. The Bertz CT molecular complexity index is 912. The molecule has 1 aromatic carbocycles. The molecule has 2 N–H and O–H groups in total. The van der Waals surface area contributed by atoms with Crippen molar-refractivity contribution in [2.24, 2.45) is 0 Å². The molecule has 0 aliphatic carbocycles. The minimum absolute atomic E-state index is 0.475. The Kier molecular flexibility index (Phi) is 3.94. The highest BCUT2D eigenvalue weighted by Gasteiger charge is 2.15. The van der Waals surface area contributed by atoms with E-state index in [0.717, 1.165) is 47.3 Å². The number of likely N-dealkylation sites (tertiary alicyclic amines) is 1. The van der Waals surface area contributed by atoms with Gasteiger partial charge < -0.3 is 10.2 Å². The van der Waals surface area contributed by atoms with E-state index in [9.17, 15) is 0 Å². The van der Waals surface area contributed by atoms with Crippen LogP contribution in [0.25, 0.3) is 22.1 Å². The summed E-state index contributed by atoms with van der Waals surface area (Å²) in [6.45, 7) is 3.07. The largest absolute Gasteiger partial charge is 0.462 e. The molecule has 1 saturated heterocycles. The lowest BCUT2D eigenvalue weighted by atomic mass is 10.0.